The molecule has 11 nitrogen and oxygen atoms in total. The van der Waals surface area contributed by atoms with Crippen molar-refractivity contribution in [3.63, 3.8) is 0 Å². The van der Waals surface area contributed by atoms with Gasteiger partial charge in [-0.05, 0) is 0 Å². The molecule has 0 aromatic heterocycles. The van der Waals surface area contributed by atoms with Crippen molar-refractivity contribution in [2.75, 3.05) is 13.2 Å². The van der Waals surface area contributed by atoms with Crippen molar-refractivity contribution in [2.45, 2.75) is 61.4 Å². The summed E-state index contributed by atoms with van der Waals surface area (Å²) >= 11 is 0. The van der Waals surface area contributed by atoms with Gasteiger partial charge in [-0.15, -0.1) is 0 Å². The Morgan fingerprint density at radius 2 is 1.26 bits per heavy atom. The first-order chi connectivity index (χ1) is 10.8. The van der Waals surface area contributed by atoms with Crippen molar-refractivity contribution >= 4 is 0 Å². The fourth-order valence-corrected chi connectivity index (χ4v) is 2.57. The van der Waals surface area contributed by atoms with Crippen LogP contribution in [0, 0.1) is 0 Å². The third-order valence-corrected chi connectivity index (χ3v) is 3.98. The lowest BCUT2D eigenvalue weighted by Crippen LogP contribution is -2.64. The van der Waals surface area contributed by atoms with Crippen LogP contribution in [-0.2, 0) is 14.2 Å². The van der Waals surface area contributed by atoms with Crippen molar-refractivity contribution < 1.29 is 55.1 Å². The molecule has 0 aromatic carbocycles. The zero-order valence-corrected chi connectivity index (χ0v) is 12.0. The lowest BCUT2D eigenvalue weighted by atomic mass is 9.97. The second-order valence-electron chi connectivity index (χ2n) is 5.53. The van der Waals surface area contributed by atoms with Gasteiger partial charge >= 0.3 is 0 Å². The SMILES string of the molecule is OC[C@@H]1O[C@@H](O[C@H]2[C@H](O)[C@@H](O)[C@@H](O)O[C@@H]2CO)[C@H](O)[C@H](O)[C@H]1O. The predicted octanol–water partition coefficient (Wildman–Crippen LogP) is -5.40. The van der Waals surface area contributed by atoms with Gasteiger partial charge in [-0.25, -0.2) is 0 Å². The molecular formula is C12H22O11. The molecule has 0 radical (unpaired) electrons. The van der Waals surface area contributed by atoms with Crippen molar-refractivity contribution in [1.82, 2.24) is 0 Å². The molecule has 23 heavy (non-hydrogen) atoms. The Kier molecular flexibility index (Phi) is 6.27. The van der Waals surface area contributed by atoms with Crippen molar-refractivity contribution in [3.8, 4) is 0 Å². The number of aliphatic hydroxyl groups is 8. The van der Waals surface area contributed by atoms with Gasteiger partial charge in [0.2, 0.25) is 0 Å². The molecule has 0 bridgehead atoms. The Morgan fingerprint density at radius 3 is 1.83 bits per heavy atom. The summed E-state index contributed by atoms with van der Waals surface area (Å²) in [7, 11) is 0. The molecule has 136 valence electrons. The van der Waals surface area contributed by atoms with Crippen LogP contribution >= 0.6 is 0 Å². The Morgan fingerprint density at radius 1 is 0.652 bits per heavy atom. The van der Waals surface area contributed by atoms with Crippen LogP contribution in [0.1, 0.15) is 0 Å². The molecule has 0 amide bonds. The van der Waals surface area contributed by atoms with Gasteiger partial charge in [-0.1, -0.05) is 0 Å². The molecule has 11 heteroatoms. The highest BCUT2D eigenvalue weighted by Crippen LogP contribution is 2.28. The molecular weight excluding hydrogens is 320 g/mol. The van der Waals surface area contributed by atoms with Gasteiger partial charge in [0, 0.05) is 0 Å². The minimum absolute atomic E-state index is 0.667. The summed E-state index contributed by atoms with van der Waals surface area (Å²) in [5.74, 6) is 0. The maximum atomic E-state index is 9.94. The monoisotopic (exact) mass is 342 g/mol. The number of hydrogen-bond donors (Lipinski definition) is 8. The largest absolute Gasteiger partial charge is 0.394 e. The van der Waals surface area contributed by atoms with Gasteiger partial charge in [0.25, 0.3) is 0 Å². The molecule has 2 aliphatic rings. The summed E-state index contributed by atoms with van der Waals surface area (Å²) in [5.41, 5.74) is 0. The first kappa shape index (κ1) is 18.9. The van der Waals surface area contributed by atoms with Gasteiger partial charge in [0.1, 0.15) is 48.8 Å². The summed E-state index contributed by atoms with van der Waals surface area (Å²) < 4.78 is 15.3. The van der Waals surface area contributed by atoms with Crippen LogP contribution in [0.4, 0.5) is 0 Å². The van der Waals surface area contributed by atoms with Crippen LogP contribution in [0.5, 0.6) is 0 Å². The molecule has 2 fully saturated rings. The Bertz CT molecular complexity index is 378. The van der Waals surface area contributed by atoms with E-state index < -0.39 is 74.6 Å². The van der Waals surface area contributed by atoms with E-state index in [9.17, 15) is 35.7 Å². The summed E-state index contributed by atoms with van der Waals surface area (Å²) in [6.45, 7) is -1.35. The average molecular weight is 342 g/mol. The van der Waals surface area contributed by atoms with E-state index >= 15 is 0 Å². The van der Waals surface area contributed by atoms with Crippen molar-refractivity contribution in [3.05, 3.63) is 0 Å². The first-order valence-corrected chi connectivity index (χ1v) is 7.08. The fraction of sp³-hybridized carbons (Fsp3) is 1.00. The minimum atomic E-state index is -1.74. The Balaban J connectivity index is 2.11. The van der Waals surface area contributed by atoms with E-state index in [1.54, 1.807) is 0 Å². The second-order valence-corrected chi connectivity index (χ2v) is 5.53. The number of ether oxygens (including phenoxy) is 3. The predicted molar refractivity (Wildman–Crippen MR) is 68.6 cm³/mol. The lowest BCUT2D eigenvalue weighted by Gasteiger charge is -2.45. The van der Waals surface area contributed by atoms with Gasteiger partial charge in [-0.2, -0.15) is 0 Å². The molecule has 2 rings (SSSR count). The quantitative estimate of drug-likeness (QED) is 0.243. The fourth-order valence-electron chi connectivity index (χ4n) is 2.57. The average Bonchev–Trinajstić information content (AvgIpc) is 2.55. The highest BCUT2D eigenvalue weighted by atomic mass is 16.7. The molecule has 0 aromatic rings. The van der Waals surface area contributed by atoms with Crippen LogP contribution in [0.3, 0.4) is 0 Å². The molecule has 10 atom stereocenters. The molecule has 2 aliphatic heterocycles. The van der Waals surface area contributed by atoms with Crippen LogP contribution in [0.15, 0.2) is 0 Å². The van der Waals surface area contributed by atoms with Crippen molar-refractivity contribution in [2.24, 2.45) is 0 Å². The summed E-state index contributed by atoms with van der Waals surface area (Å²) in [5, 5.41) is 76.5. The van der Waals surface area contributed by atoms with Gasteiger partial charge in [0.15, 0.2) is 12.6 Å². The zero-order chi connectivity index (χ0) is 17.3. The van der Waals surface area contributed by atoms with Crippen LogP contribution in [0.25, 0.3) is 0 Å². The topological polar surface area (TPSA) is 190 Å². The minimum Gasteiger partial charge on any atom is -0.394 e. The molecule has 2 heterocycles. The van der Waals surface area contributed by atoms with Crippen LogP contribution in [0.2, 0.25) is 0 Å². The molecule has 0 unspecified atom stereocenters. The summed E-state index contributed by atoms with van der Waals surface area (Å²) in [6.07, 6.45) is -15.6. The molecule has 0 spiro atoms. The van der Waals surface area contributed by atoms with E-state index in [0.29, 0.717) is 0 Å². The van der Waals surface area contributed by atoms with E-state index in [4.69, 9.17) is 19.3 Å². The second kappa shape index (κ2) is 7.63. The number of aliphatic hydroxyl groups excluding tert-OH is 8. The maximum absolute atomic E-state index is 9.94. The number of hydrogen-bond acceptors (Lipinski definition) is 11. The smallest absolute Gasteiger partial charge is 0.187 e. The first-order valence-electron chi connectivity index (χ1n) is 7.08. The highest BCUT2D eigenvalue weighted by Gasteiger charge is 2.50. The highest BCUT2D eigenvalue weighted by molar-refractivity contribution is 4.93. The van der Waals surface area contributed by atoms with E-state index in [1.807, 2.05) is 0 Å². The molecule has 2 saturated heterocycles. The van der Waals surface area contributed by atoms with Crippen LogP contribution in [-0.4, -0.2) is 115 Å². The maximum Gasteiger partial charge on any atom is 0.187 e. The molecule has 0 aliphatic carbocycles. The zero-order valence-electron chi connectivity index (χ0n) is 12.0. The van der Waals surface area contributed by atoms with E-state index in [-0.39, 0.29) is 0 Å². The van der Waals surface area contributed by atoms with E-state index in [1.165, 1.54) is 0 Å². The third kappa shape index (κ3) is 3.65. The molecule has 0 saturated carbocycles. The van der Waals surface area contributed by atoms with E-state index in [0.717, 1.165) is 0 Å². The van der Waals surface area contributed by atoms with Gasteiger partial charge in [0.05, 0.1) is 13.2 Å². The Labute approximate surface area is 130 Å². The van der Waals surface area contributed by atoms with Crippen molar-refractivity contribution in [1.29, 1.82) is 0 Å². The lowest BCUT2D eigenvalue weighted by molar-refractivity contribution is -0.355. The third-order valence-electron chi connectivity index (χ3n) is 3.98. The summed E-state index contributed by atoms with van der Waals surface area (Å²) in [6, 6.07) is 0. The van der Waals surface area contributed by atoms with E-state index in [2.05, 4.69) is 0 Å². The summed E-state index contributed by atoms with van der Waals surface area (Å²) in [4.78, 5) is 0. The van der Waals surface area contributed by atoms with Crippen LogP contribution < -0.4 is 0 Å². The van der Waals surface area contributed by atoms with Gasteiger partial charge in [-0.3, -0.25) is 0 Å². The normalized spacial score (nSPS) is 51.7. The number of rotatable bonds is 4. The molecule has 8 N–H and O–H groups in total. The van der Waals surface area contributed by atoms with Gasteiger partial charge < -0.3 is 55.1 Å². The Hall–Kier alpha value is -0.440. The standard InChI is InChI=1S/C12H22O11/c13-1-3-5(15)6(16)9(19)12(22-3)23-10-4(2-14)21-11(20)8(18)7(10)17/h3-20H,1-2H2/t3-,4+,5-,6+,7+,8+,9+,10+,11-,12-/m0/s1.